The van der Waals surface area contributed by atoms with Gasteiger partial charge in [-0.25, -0.2) is 4.68 Å². The molecule has 5 heterocycles. The number of fused-ring (bicyclic) bond motifs is 2. The maximum atomic E-state index is 13.3. The molecule has 13 nitrogen and oxygen atoms in total. The molecule has 5 aromatic rings. The second-order valence-electron chi connectivity index (χ2n) is 14.2. The molecule has 1 aliphatic carbocycles. The number of amides is 4. The summed E-state index contributed by atoms with van der Waals surface area (Å²) in [5, 5.41) is 7.21. The molecular formula is C42H37N7O6. The minimum atomic E-state index is -0.982. The number of hydrogen-bond acceptors (Lipinski definition) is 10. The van der Waals surface area contributed by atoms with Gasteiger partial charge in [-0.3, -0.25) is 44.1 Å². The predicted molar refractivity (Wildman–Crippen MR) is 202 cm³/mol. The number of aromatic nitrogens is 3. The standard InChI is InChI=1S/C42H37N7O6/c50-37-11-2-27-23-28(1-8-32(27)37)35-25-48(45-39(35)26-13-15-43-16-14-26)29-3-6-31(7-4-29)55-22-21-46-17-19-47(20-18-46)30-5-9-33-34(24-30)42(54)49(41(33)53)36-10-12-38(51)44-40(36)52/h1,3-9,13-16,23-25,36H,2,10-12,17-22H2,(H,44,51,52). The molecule has 2 aromatic heterocycles. The summed E-state index contributed by atoms with van der Waals surface area (Å²) in [5.74, 6) is -1.06. The first-order chi connectivity index (χ1) is 26.8. The van der Waals surface area contributed by atoms with Crippen LogP contribution in [0.25, 0.3) is 28.1 Å². The van der Waals surface area contributed by atoms with E-state index >= 15 is 0 Å². The number of piperazine rings is 1. The molecule has 55 heavy (non-hydrogen) atoms. The van der Waals surface area contributed by atoms with Crippen molar-refractivity contribution in [1.29, 1.82) is 0 Å². The highest BCUT2D eigenvalue weighted by Gasteiger charge is 2.44. The zero-order valence-corrected chi connectivity index (χ0v) is 29.9. The third-order valence-electron chi connectivity index (χ3n) is 10.9. The summed E-state index contributed by atoms with van der Waals surface area (Å²) >= 11 is 0. The highest BCUT2D eigenvalue weighted by Crippen LogP contribution is 2.35. The van der Waals surface area contributed by atoms with Crippen LogP contribution < -0.4 is 15.0 Å². The number of anilines is 1. The lowest BCUT2D eigenvalue weighted by molar-refractivity contribution is -0.136. The molecule has 2 saturated heterocycles. The Morgan fingerprint density at radius 2 is 1.45 bits per heavy atom. The summed E-state index contributed by atoms with van der Waals surface area (Å²) in [5.41, 5.74) is 7.99. The van der Waals surface area contributed by atoms with Crippen LogP contribution in [0.3, 0.4) is 0 Å². The number of carbonyl (C=O) groups is 5. The molecule has 0 bridgehead atoms. The van der Waals surface area contributed by atoms with E-state index in [9.17, 15) is 24.0 Å². The smallest absolute Gasteiger partial charge is 0.262 e. The second-order valence-corrected chi connectivity index (χ2v) is 14.2. The molecule has 0 radical (unpaired) electrons. The summed E-state index contributed by atoms with van der Waals surface area (Å²) in [6, 6.07) is 22.1. The van der Waals surface area contributed by atoms with E-state index in [0.717, 1.165) is 94.7 Å². The number of ketones is 1. The SMILES string of the molecule is O=C1CCC(N2C(=O)c3ccc(N4CCN(CCOc5ccc(-n6cc(-c7ccc8c(c7)CCC8=O)c(-c7ccncc7)n6)cc5)CC4)cc3C2=O)C(=O)N1. The Labute approximate surface area is 316 Å². The number of benzene rings is 3. The van der Waals surface area contributed by atoms with Crippen LogP contribution >= 0.6 is 0 Å². The third-order valence-corrected chi connectivity index (χ3v) is 10.9. The third kappa shape index (κ3) is 6.46. The number of imide groups is 2. The summed E-state index contributed by atoms with van der Waals surface area (Å²) in [6.07, 6.45) is 7.08. The molecule has 0 saturated carbocycles. The fourth-order valence-electron chi connectivity index (χ4n) is 7.94. The second kappa shape index (κ2) is 14.1. The zero-order chi connectivity index (χ0) is 37.6. The number of aryl methyl sites for hydroxylation is 1. The van der Waals surface area contributed by atoms with Gasteiger partial charge >= 0.3 is 0 Å². The van der Waals surface area contributed by atoms with Gasteiger partial charge in [0, 0.05) is 86.5 Å². The molecule has 4 amide bonds. The Hall–Kier alpha value is -6.47. The van der Waals surface area contributed by atoms with E-state index in [4.69, 9.17) is 9.84 Å². The average Bonchev–Trinajstić information content (AvgIpc) is 3.89. The van der Waals surface area contributed by atoms with E-state index < -0.39 is 29.7 Å². The van der Waals surface area contributed by atoms with Crippen molar-refractivity contribution in [2.75, 3.05) is 44.2 Å². The lowest BCUT2D eigenvalue weighted by Gasteiger charge is -2.36. The van der Waals surface area contributed by atoms with Gasteiger partial charge in [0.2, 0.25) is 11.8 Å². The van der Waals surface area contributed by atoms with E-state index in [1.165, 1.54) is 0 Å². The van der Waals surface area contributed by atoms with Crippen molar-refractivity contribution in [3.63, 3.8) is 0 Å². The molecular weight excluding hydrogens is 699 g/mol. The maximum absolute atomic E-state index is 13.3. The molecule has 9 rings (SSSR count). The number of Topliss-reactive ketones (excluding diaryl/α,β-unsaturated/α-hetero) is 1. The topological polar surface area (TPSA) is 147 Å². The van der Waals surface area contributed by atoms with Crippen LogP contribution in [0, 0.1) is 0 Å². The van der Waals surface area contributed by atoms with Crippen molar-refractivity contribution in [1.82, 2.24) is 29.9 Å². The van der Waals surface area contributed by atoms with Crippen molar-refractivity contribution in [2.24, 2.45) is 0 Å². The molecule has 2 fully saturated rings. The normalized spacial score (nSPS) is 18.5. The van der Waals surface area contributed by atoms with Crippen LogP contribution in [0.5, 0.6) is 5.75 Å². The predicted octanol–water partition coefficient (Wildman–Crippen LogP) is 4.33. The summed E-state index contributed by atoms with van der Waals surface area (Å²) in [7, 11) is 0. The lowest BCUT2D eigenvalue weighted by Crippen LogP contribution is -2.54. The van der Waals surface area contributed by atoms with Gasteiger partial charge in [0.05, 0.1) is 16.8 Å². The van der Waals surface area contributed by atoms with E-state index in [2.05, 4.69) is 26.2 Å². The maximum Gasteiger partial charge on any atom is 0.262 e. The number of ether oxygens (including phenoxy) is 1. The molecule has 1 atom stereocenters. The number of nitrogens with zero attached hydrogens (tertiary/aromatic N) is 6. The molecule has 0 spiro atoms. The highest BCUT2D eigenvalue weighted by molar-refractivity contribution is 6.23. The summed E-state index contributed by atoms with van der Waals surface area (Å²) in [6.45, 7) is 4.35. The van der Waals surface area contributed by atoms with Crippen molar-refractivity contribution >= 4 is 35.1 Å². The summed E-state index contributed by atoms with van der Waals surface area (Å²) < 4.78 is 8.01. The van der Waals surface area contributed by atoms with Crippen molar-refractivity contribution in [3.8, 4) is 33.8 Å². The van der Waals surface area contributed by atoms with Crippen LogP contribution in [-0.4, -0.2) is 99.3 Å². The molecule has 3 aromatic carbocycles. The number of nitrogens with one attached hydrogen (secondary N) is 1. The largest absolute Gasteiger partial charge is 0.492 e. The van der Waals surface area contributed by atoms with E-state index in [1.54, 1.807) is 24.5 Å². The van der Waals surface area contributed by atoms with Gasteiger partial charge in [0.1, 0.15) is 24.1 Å². The highest BCUT2D eigenvalue weighted by atomic mass is 16.5. The van der Waals surface area contributed by atoms with Gasteiger partial charge in [0.25, 0.3) is 11.8 Å². The number of pyridine rings is 1. The Morgan fingerprint density at radius 1 is 0.709 bits per heavy atom. The minimum Gasteiger partial charge on any atom is -0.492 e. The van der Waals surface area contributed by atoms with Gasteiger partial charge in [-0.05, 0) is 78.6 Å². The Balaban J connectivity index is 0.806. The fraction of sp³-hybridized carbons (Fsp3) is 0.262. The molecule has 4 aliphatic rings. The first-order valence-corrected chi connectivity index (χ1v) is 18.5. The van der Waals surface area contributed by atoms with E-state index in [-0.39, 0.29) is 29.8 Å². The summed E-state index contributed by atoms with van der Waals surface area (Å²) in [4.78, 5) is 72.3. The Morgan fingerprint density at radius 3 is 2.24 bits per heavy atom. The van der Waals surface area contributed by atoms with Gasteiger partial charge in [-0.1, -0.05) is 18.2 Å². The quantitative estimate of drug-likeness (QED) is 0.217. The van der Waals surface area contributed by atoms with Crippen LogP contribution in [0.15, 0.2) is 91.4 Å². The van der Waals surface area contributed by atoms with Crippen LogP contribution in [0.4, 0.5) is 5.69 Å². The van der Waals surface area contributed by atoms with Crippen LogP contribution in [0.2, 0.25) is 0 Å². The number of rotatable bonds is 9. The number of carbonyl (C=O) groups excluding carboxylic acids is 5. The molecule has 276 valence electrons. The molecule has 1 unspecified atom stereocenters. The Bertz CT molecular complexity index is 2370. The van der Waals surface area contributed by atoms with Crippen LogP contribution in [0.1, 0.15) is 55.9 Å². The van der Waals surface area contributed by atoms with Crippen molar-refractivity contribution < 1.29 is 28.7 Å². The minimum absolute atomic E-state index is 0.0848. The number of piperidine rings is 1. The molecule has 13 heteroatoms. The average molecular weight is 736 g/mol. The monoisotopic (exact) mass is 735 g/mol. The van der Waals surface area contributed by atoms with Crippen LogP contribution in [-0.2, 0) is 16.0 Å². The number of hydrogen-bond donors (Lipinski definition) is 1. The fourth-order valence-corrected chi connectivity index (χ4v) is 7.94. The lowest BCUT2D eigenvalue weighted by atomic mass is 9.98. The van der Waals surface area contributed by atoms with E-state index in [1.807, 2.05) is 65.5 Å². The van der Waals surface area contributed by atoms with Gasteiger partial charge < -0.3 is 9.64 Å². The van der Waals surface area contributed by atoms with Crippen molar-refractivity contribution in [3.05, 3.63) is 114 Å². The zero-order valence-electron chi connectivity index (χ0n) is 29.9. The Kier molecular flexibility index (Phi) is 8.77. The van der Waals surface area contributed by atoms with E-state index in [0.29, 0.717) is 13.0 Å². The molecule has 3 aliphatic heterocycles. The van der Waals surface area contributed by atoms with Crippen molar-refractivity contribution in [2.45, 2.75) is 31.7 Å². The van der Waals surface area contributed by atoms with Gasteiger partial charge in [-0.15, -0.1) is 0 Å². The first kappa shape index (κ1) is 34.3. The van der Waals surface area contributed by atoms with Gasteiger partial charge in [-0.2, -0.15) is 5.10 Å². The first-order valence-electron chi connectivity index (χ1n) is 18.5. The molecule has 1 N–H and O–H groups in total. The van der Waals surface area contributed by atoms with Gasteiger partial charge in [0.15, 0.2) is 5.78 Å².